The van der Waals surface area contributed by atoms with Crippen LogP contribution in [0, 0.1) is 13.8 Å². The highest BCUT2D eigenvalue weighted by atomic mass is 16.5. The SMILES string of the molecule is Cc1cccc(CN2CCN(C(=O)COC(=O)c3ccc(C)c(O)c3O)CC2)c1. The third-order valence-corrected chi connectivity index (χ3v) is 5.11. The number of rotatable bonds is 5. The first-order chi connectivity index (χ1) is 13.8. The van der Waals surface area contributed by atoms with Crippen LogP contribution in [0.3, 0.4) is 0 Å². The summed E-state index contributed by atoms with van der Waals surface area (Å²) >= 11 is 0. The number of carbonyl (C=O) groups excluding carboxylic acids is 2. The molecule has 154 valence electrons. The first-order valence-electron chi connectivity index (χ1n) is 9.59. The minimum Gasteiger partial charge on any atom is -0.504 e. The Labute approximate surface area is 170 Å². The van der Waals surface area contributed by atoms with E-state index in [4.69, 9.17) is 4.74 Å². The summed E-state index contributed by atoms with van der Waals surface area (Å²) in [6.07, 6.45) is 0. The van der Waals surface area contributed by atoms with Crippen molar-refractivity contribution in [3.8, 4) is 11.5 Å². The number of nitrogens with zero attached hydrogens (tertiary/aromatic N) is 2. The lowest BCUT2D eigenvalue weighted by Crippen LogP contribution is -2.49. The third kappa shape index (κ3) is 5.06. The van der Waals surface area contributed by atoms with E-state index in [-0.39, 0.29) is 17.2 Å². The van der Waals surface area contributed by atoms with Gasteiger partial charge in [-0.05, 0) is 31.0 Å². The van der Waals surface area contributed by atoms with Crippen molar-refractivity contribution in [1.29, 1.82) is 0 Å². The first kappa shape index (κ1) is 20.7. The molecule has 0 unspecified atom stereocenters. The lowest BCUT2D eigenvalue weighted by molar-refractivity contribution is -0.136. The van der Waals surface area contributed by atoms with Crippen molar-refractivity contribution >= 4 is 11.9 Å². The van der Waals surface area contributed by atoms with E-state index in [2.05, 4.69) is 30.0 Å². The van der Waals surface area contributed by atoms with E-state index >= 15 is 0 Å². The predicted octanol–water partition coefficient (Wildman–Crippen LogP) is 2.22. The van der Waals surface area contributed by atoms with Crippen LogP contribution in [0.1, 0.15) is 27.0 Å². The quantitative estimate of drug-likeness (QED) is 0.593. The fourth-order valence-electron chi connectivity index (χ4n) is 3.37. The molecule has 29 heavy (non-hydrogen) atoms. The summed E-state index contributed by atoms with van der Waals surface area (Å²) in [6.45, 7) is 6.75. The van der Waals surface area contributed by atoms with Crippen LogP contribution in [0.5, 0.6) is 11.5 Å². The normalized spacial score (nSPS) is 14.6. The summed E-state index contributed by atoms with van der Waals surface area (Å²) in [5.41, 5.74) is 2.76. The van der Waals surface area contributed by atoms with Gasteiger partial charge in [-0.15, -0.1) is 0 Å². The molecule has 0 radical (unpaired) electrons. The summed E-state index contributed by atoms with van der Waals surface area (Å²) in [7, 11) is 0. The highest BCUT2D eigenvalue weighted by molar-refractivity contribution is 5.95. The van der Waals surface area contributed by atoms with E-state index in [0.717, 1.165) is 19.6 Å². The van der Waals surface area contributed by atoms with Crippen LogP contribution in [-0.4, -0.2) is 64.7 Å². The number of phenols is 2. The number of aryl methyl sites for hydroxylation is 2. The highest BCUT2D eigenvalue weighted by Crippen LogP contribution is 2.32. The maximum absolute atomic E-state index is 12.4. The molecule has 1 aliphatic heterocycles. The number of benzene rings is 2. The Hall–Kier alpha value is -3.06. The Morgan fingerprint density at radius 3 is 2.41 bits per heavy atom. The molecule has 1 saturated heterocycles. The van der Waals surface area contributed by atoms with Gasteiger partial charge in [0.25, 0.3) is 5.91 Å². The molecule has 7 nitrogen and oxygen atoms in total. The summed E-state index contributed by atoms with van der Waals surface area (Å²) in [4.78, 5) is 28.5. The standard InChI is InChI=1S/C22H26N2O5/c1-15-4-3-5-17(12-15)13-23-8-10-24(11-9-23)19(25)14-29-22(28)18-7-6-16(2)20(26)21(18)27/h3-7,12,26-27H,8-11,13-14H2,1-2H3. The predicted molar refractivity (Wildman–Crippen MR) is 108 cm³/mol. The molecular weight excluding hydrogens is 372 g/mol. The van der Waals surface area contributed by atoms with Gasteiger partial charge in [0.15, 0.2) is 18.1 Å². The zero-order valence-electron chi connectivity index (χ0n) is 16.7. The van der Waals surface area contributed by atoms with E-state index < -0.39 is 18.3 Å². The van der Waals surface area contributed by atoms with Crippen molar-refractivity contribution in [3.63, 3.8) is 0 Å². The Bertz CT molecular complexity index is 904. The smallest absolute Gasteiger partial charge is 0.342 e. The number of esters is 1. The Morgan fingerprint density at radius 2 is 1.72 bits per heavy atom. The van der Waals surface area contributed by atoms with Crippen molar-refractivity contribution in [2.75, 3.05) is 32.8 Å². The van der Waals surface area contributed by atoms with Crippen LogP contribution in [0.25, 0.3) is 0 Å². The number of carbonyl (C=O) groups is 2. The fraction of sp³-hybridized carbons (Fsp3) is 0.364. The molecule has 0 aromatic heterocycles. The second-order valence-corrected chi connectivity index (χ2v) is 7.35. The number of piperazine rings is 1. The first-order valence-corrected chi connectivity index (χ1v) is 9.59. The van der Waals surface area contributed by atoms with E-state index in [0.29, 0.717) is 18.7 Å². The van der Waals surface area contributed by atoms with Crippen LogP contribution in [0.2, 0.25) is 0 Å². The lowest BCUT2D eigenvalue weighted by atomic mass is 10.1. The molecule has 0 aliphatic carbocycles. The molecule has 0 saturated carbocycles. The average molecular weight is 398 g/mol. The molecule has 1 aliphatic rings. The van der Waals surface area contributed by atoms with E-state index in [1.165, 1.54) is 23.3 Å². The molecule has 3 rings (SSSR count). The molecular formula is C22H26N2O5. The van der Waals surface area contributed by atoms with Gasteiger partial charge in [0.05, 0.1) is 0 Å². The molecule has 1 fully saturated rings. The number of amides is 1. The zero-order valence-corrected chi connectivity index (χ0v) is 16.7. The van der Waals surface area contributed by atoms with Crippen molar-refractivity contribution in [3.05, 3.63) is 58.7 Å². The van der Waals surface area contributed by atoms with Gasteiger partial charge in [0, 0.05) is 32.7 Å². The highest BCUT2D eigenvalue weighted by Gasteiger charge is 2.23. The van der Waals surface area contributed by atoms with Gasteiger partial charge in [-0.3, -0.25) is 9.69 Å². The number of ether oxygens (including phenoxy) is 1. The number of aromatic hydroxyl groups is 2. The van der Waals surface area contributed by atoms with Gasteiger partial charge in [-0.2, -0.15) is 0 Å². The summed E-state index contributed by atoms with van der Waals surface area (Å²) in [6, 6.07) is 11.2. The summed E-state index contributed by atoms with van der Waals surface area (Å²) in [5.74, 6) is -2.02. The van der Waals surface area contributed by atoms with Crippen LogP contribution in [-0.2, 0) is 16.1 Å². The van der Waals surface area contributed by atoms with Crippen LogP contribution in [0.15, 0.2) is 36.4 Å². The summed E-state index contributed by atoms with van der Waals surface area (Å²) in [5, 5.41) is 19.6. The molecule has 2 aromatic rings. The van der Waals surface area contributed by atoms with Crippen LogP contribution >= 0.6 is 0 Å². The molecule has 2 aromatic carbocycles. The second kappa shape index (κ2) is 8.96. The Morgan fingerprint density at radius 1 is 1.00 bits per heavy atom. The lowest BCUT2D eigenvalue weighted by Gasteiger charge is -2.34. The second-order valence-electron chi connectivity index (χ2n) is 7.35. The largest absolute Gasteiger partial charge is 0.504 e. The van der Waals surface area contributed by atoms with Crippen molar-refractivity contribution in [1.82, 2.24) is 9.80 Å². The van der Waals surface area contributed by atoms with Gasteiger partial charge in [0.2, 0.25) is 0 Å². The van der Waals surface area contributed by atoms with Crippen LogP contribution in [0.4, 0.5) is 0 Å². The molecule has 2 N–H and O–H groups in total. The summed E-state index contributed by atoms with van der Waals surface area (Å²) < 4.78 is 5.04. The average Bonchev–Trinajstić information content (AvgIpc) is 2.71. The fourth-order valence-corrected chi connectivity index (χ4v) is 3.37. The van der Waals surface area contributed by atoms with Crippen molar-refractivity contribution in [2.24, 2.45) is 0 Å². The molecule has 1 heterocycles. The molecule has 0 spiro atoms. The number of hydrogen-bond donors (Lipinski definition) is 2. The minimum atomic E-state index is -0.843. The van der Waals surface area contributed by atoms with E-state index in [1.54, 1.807) is 11.8 Å². The van der Waals surface area contributed by atoms with Gasteiger partial charge in [-0.25, -0.2) is 4.79 Å². The van der Waals surface area contributed by atoms with Gasteiger partial charge in [-0.1, -0.05) is 35.9 Å². The topological polar surface area (TPSA) is 90.3 Å². The Balaban J connectivity index is 1.47. The number of phenolic OH excluding ortho intramolecular Hbond substituents is 2. The molecule has 0 bridgehead atoms. The maximum Gasteiger partial charge on any atom is 0.342 e. The van der Waals surface area contributed by atoms with Crippen molar-refractivity contribution < 1.29 is 24.5 Å². The van der Waals surface area contributed by atoms with Gasteiger partial charge in [0.1, 0.15) is 5.56 Å². The zero-order chi connectivity index (χ0) is 21.0. The third-order valence-electron chi connectivity index (χ3n) is 5.11. The van der Waals surface area contributed by atoms with Gasteiger partial charge >= 0.3 is 5.97 Å². The maximum atomic E-state index is 12.4. The minimum absolute atomic E-state index is 0.163. The van der Waals surface area contributed by atoms with Crippen LogP contribution < -0.4 is 0 Å². The van der Waals surface area contributed by atoms with Gasteiger partial charge < -0.3 is 19.8 Å². The van der Waals surface area contributed by atoms with Crippen molar-refractivity contribution in [2.45, 2.75) is 20.4 Å². The Kier molecular flexibility index (Phi) is 6.39. The van der Waals surface area contributed by atoms with E-state index in [1.807, 2.05) is 6.07 Å². The monoisotopic (exact) mass is 398 g/mol. The molecule has 7 heteroatoms. The molecule has 1 amide bonds. The number of hydrogen-bond acceptors (Lipinski definition) is 6. The van der Waals surface area contributed by atoms with E-state index in [9.17, 15) is 19.8 Å². The molecule has 0 atom stereocenters.